The van der Waals surface area contributed by atoms with Gasteiger partial charge in [0.25, 0.3) is 0 Å². The molecule has 2 fully saturated rings. The van der Waals surface area contributed by atoms with Crippen molar-refractivity contribution >= 4 is 41.0 Å². The van der Waals surface area contributed by atoms with Crippen molar-refractivity contribution in [2.75, 3.05) is 13.2 Å². The number of urea groups is 1. The molecule has 1 aromatic carbocycles. The predicted molar refractivity (Wildman–Crippen MR) is 88.2 cm³/mol. The third-order valence-corrected chi connectivity index (χ3v) is 4.79. The van der Waals surface area contributed by atoms with Crippen LogP contribution < -0.4 is 4.74 Å². The summed E-state index contributed by atoms with van der Waals surface area (Å²) in [4.78, 5) is 38.5. The van der Waals surface area contributed by atoms with Gasteiger partial charge in [-0.2, -0.15) is 0 Å². The van der Waals surface area contributed by atoms with E-state index in [-0.39, 0.29) is 19.2 Å². The van der Waals surface area contributed by atoms with Gasteiger partial charge in [0.1, 0.15) is 12.4 Å². The van der Waals surface area contributed by atoms with Gasteiger partial charge < -0.3 is 4.74 Å². The Balaban J connectivity index is 1.62. The molecule has 0 radical (unpaired) electrons. The van der Waals surface area contributed by atoms with E-state index >= 15 is 0 Å². The van der Waals surface area contributed by atoms with E-state index < -0.39 is 17.8 Å². The molecule has 24 heavy (non-hydrogen) atoms. The van der Waals surface area contributed by atoms with Gasteiger partial charge in [-0.1, -0.05) is 36.0 Å². The molecule has 0 atom stereocenters. The summed E-state index contributed by atoms with van der Waals surface area (Å²) in [6, 6.07) is 4.05. The van der Waals surface area contributed by atoms with E-state index in [2.05, 4.69) is 0 Å². The molecular weight excluding hydrogens is 355 g/mol. The van der Waals surface area contributed by atoms with Crippen molar-refractivity contribution in [2.24, 2.45) is 0 Å². The van der Waals surface area contributed by atoms with E-state index in [1.165, 1.54) is 0 Å². The van der Waals surface area contributed by atoms with Crippen LogP contribution in [0.4, 0.5) is 4.79 Å². The van der Waals surface area contributed by atoms with Crippen LogP contribution in [0, 0.1) is 0 Å². The fourth-order valence-corrected chi connectivity index (χ4v) is 3.37. The van der Waals surface area contributed by atoms with E-state index in [1.54, 1.807) is 18.2 Å². The van der Waals surface area contributed by atoms with Crippen molar-refractivity contribution in [3.05, 3.63) is 28.2 Å². The van der Waals surface area contributed by atoms with Gasteiger partial charge in [0.15, 0.2) is 0 Å². The number of hydrogen-bond donors (Lipinski definition) is 0. The molecule has 0 spiro atoms. The minimum Gasteiger partial charge on any atom is -0.490 e. The van der Waals surface area contributed by atoms with E-state index in [9.17, 15) is 14.4 Å². The molecule has 1 aliphatic carbocycles. The second-order valence-corrected chi connectivity index (χ2v) is 6.62. The number of nitrogens with zero attached hydrogens (tertiary/aromatic N) is 2. The van der Waals surface area contributed by atoms with E-state index in [1.807, 2.05) is 0 Å². The zero-order valence-corrected chi connectivity index (χ0v) is 14.3. The fraction of sp³-hybridized carbons (Fsp3) is 0.438. The highest BCUT2D eigenvalue weighted by atomic mass is 35.5. The topological polar surface area (TPSA) is 66.9 Å². The van der Waals surface area contributed by atoms with Crippen molar-refractivity contribution in [1.82, 2.24) is 9.80 Å². The van der Waals surface area contributed by atoms with Gasteiger partial charge in [0.05, 0.1) is 11.6 Å². The Hall–Kier alpha value is -1.79. The first kappa shape index (κ1) is 17.0. The van der Waals surface area contributed by atoms with Crippen LogP contribution in [0.5, 0.6) is 5.75 Å². The van der Waals surface area contributed by atoms with Crippen LogP contribution in [0.15, 0.2) is 18.2 Å². The van der Waals surface area contributed by atoms with E-state index in [0.29, 0.717) is 15.8 Å². The molecule has 1 aliphatic heterocycles. The SMILES string of the molecule is O=C1C(=O)N(C2CCCC2)C(=O)N1CCOc1cc(Cl)ccc1Cl. The smallest absolute Gasteiger partial charge is 0.334 e. The quantitative estimate of drug-likeness (QED) is 0.589. The normalized spacial score (nSPS) is 18.8. The van der Waals surface area contributed by atoms with Crippen LogP contribution in [0.3, 0.4) is 0 Å². The number of halogens is 2. The molecular formula is C16H16Cl2N2O4. The Kier molecular flexibility index (Phi) is 4.96. The summed E-state index contributed by atoms with van der Waals surface area (Å²) in [5.41, 5.74) is 0. The number of amides is 4. The van der Waals surface area contributed by atoms with Gasteiger partial charge in [-0.15, -0.1) is 0 Å². The van der Waals surface area contributed by atoms with Gasteiger partial charge in [-0.05, 0) is 25.0 Å². The highest BCUT2D eigenvalue weighted by Crippen LogP contribution is 2.29. The maximum atomic E-state index is 12.4. The number of carbonyl (C=O) groups is 3. The number of carbonyl (C=O) groups excluding carboxylic acids is 3. The van der Waals surface area contributed by atoms with Gasteiger partial charge in [0, 0.05) is 17.1 Å². The maximum absolute atomic E-state index is 12.4. The van der Waals surface area contributed by atoms with Crippen molar-refractivity contribution in [3.8, 4) is 5.75 Å². The van der Waals surface area contributed by atoms with Crippen LogP contribution >= 0.6 is 23.2 Å². The zero-order chi connectivity index (χ0) is 17.3. The summed E-state index contributed by atoms with van der Waals surface area (Å²) in [5, 5.41) is 0.840. The first-order valence-electron chi connectivity index (χ1n) is 7.76. The van der Waals surface area contributed by atoms with Crippen LogP contribution in [-0.4, -0.2) is 46.8 Å². The van der Waals surface area contributed by atoms with Crippen LogP contribution in [-0.2, 0) is 9.59 Å². The highest BCUT2D eigenvalue weighted by Gasteiger charge is 2.47. The second kappa shape index (κ2) is 6.99. The summed E-state index contributed by atoms with van der Waals surface area (Å²) >= 11 is 11.9. The first-order chi connectivity index (χ1) is 11.5. The molecule has 6 nitrogen and oxygen atoms in total. The molecule has 1 saturated carbocycles. The minimum absolute atomic E-state index is 0.0184. The summed E-state index contributed by atoms with van der Waals surface area (Å²) in [6.07, 6.45) is 3.44. The van der Waals surface area contributed by atoms with Gasteiger partial charge in [-0.25, -0.2) is 4.79 Å². The molecule has 1 aromatic rings. The van der Waals surface area contributed by atoms with Crippen molar-refractivity contribution < 1.29 is 19.1 Å². The van der Waals surface area contributed by atoms with Gasteiger partial charge in [-0.3, -0.25) is 19.4 Å². The van der Waals surface area contributed by atoms with Crippen LogP contribution in [0.1, 0.15) is 25.7 Å². The fourth-order valence-electron chi connectivity index (χ4n) is 3.04. The van der Waals surface area contributed by atoms with Crippen molar-refractivity contribution in [2.45, 2.75) is 31.7 Å². The second-order valence-electron chi connectivity index (χ2n) is 5.78. The highest BCUT2D eigenvalue weighted by molar-refractivity contribution is 6.44. The summed E-state index contributed by atoms with van der Waals surface area (Å²) in [6.45, 7) is 0.0127. The maximum Gasteiger partial charge on any atom is 0.334 e. The lowest BCUT2D eigenvalue weighted by Crippen LogP contribution is -2.40. The van der Waals surface area contributed by atoms with E-state index in [4.69, 9.17) is 27.9 Å². The molecule has 1 heterocycles. The Morgan fingerprint density at radius 1 is 1.08 bits per heavy atom. The molecule has 2 aliphatic rings. The van der Waals surface area contributed by atoms with Gasteiger partial charge in [0.2, 0.25) is 0 Å². The molecule has 0 aromatic heterocycles. The average molecular weight is 371 g/mol. The molecule has 128 valence electrons. The number of rotatable bonds is 5. The summed E-state index contributed by atoms with van der Waals surface area (Å²) < 4.78 is 5.48. The van der Waals surface area contributed by atoms with Gasteiger partial charge >= 0.3 is 17.8 Å². The number of hydrogen-bond acceptors (Lipinski definition) is 4. The molecule has 3 rings (SSSR count). The Bertz CT molecular complexity index is 689. The summed E-state index contributed by atoms with van der Waals surface area (Å²) in [7, 11) is 0. The lowest BCUT2D eigenvalue weighted by Gasteiger charge is -2.21. The predicted octanol–water partition coefficient (Wildman–Crippen LogP) is 3.11. The number of ether oxygens (including phenoxy) is 1. The molecule has 0 N–H and O–H groups in total. The monoisotopic (exact) mass is 370 g/mol. The standard InChI is InChI=1S/C16H16Cl2N2O4/c17-10-5-6-12(18)13(9-10)24-8-7-19-14(21)15(22)20(16(19)23)11-3-1-2-4-11/h5-6,9,11H,1-4,7-8H2. The molecule has 4 amide bonds. The Labute approximate surface area is 149 Å². The molecule has 8 heteroatoms. The van der Waals surface area contributed by atoms with Crippen LogP contribution in [0.2, 0.25) is 10.0 Å². The van der Waals surface area contributed by atoms with Crippen LogP contribution in [0.25, 0.3) is 0 Å². The summed E-state index contributed by atoms with van der Waals surface area (Å²) in [5.74, 6) is -1.18. The lowest BCUT2D eigenvalue weighted by molar-refractivity contribution is -0.144. The molecule has 0 bridgehead atoms. The third kappa shape index (κ3) is 3.21. The third-order valence-electron chi connectivity index (χ3n) is 4.24. The Morgan fingerprint density at radius 3 is 2.50 bits per heavy atom. The number of imide groups is 2. The van der Waals surface area contributed by atoms with Crippen molar-refractivity contribution in [1.29, 1.82) is 0 Å². The minimum atomic E-state index is -0.798. The van der Waals surface area contributed by atoms with E-state index in [0.717, 1.165) is 35.5 Å². The largest absolute Gasteiger partial charge is 0.490 e. The zero-order valence-electron chi connectivity index (χ0n) is 12.8. The molecule has 0 unspecified atom stereocenters. The molecule has 1 saturated heterocycles. The lowest BCUT2D eigenvalue weighted by atomic mass is 10.2. The number of benzene rings is 1. The van der Waals surface area contributed by atoms with Crippen molar-refractivity contribution in [3.63, 3.8) is 0 Å². The first-order valence-corrected chi connectivity index (χ1v) is 8.51. The Morgan fingerprint density at radius 2 is 1.79 bits per heavy atom. The average Bonchev–Trinajstić information content (AvgIpc) is 3.14.